The highest BCUT2D eigenvalue weighted by Crippen LogP contribution is 2.23. The van der Waals surface area contributed by atoms with Crippen molar-refractivity contribution in [1.82, 2.24) is 15.1 Å². The molecule has 112 valence electrons. The van der Waals surface area contributed by atoms with Gasteiger partial charge >= 0.3 is 0 Å². The number of amides is 1. The van der Waals surface area contributed by atoms with E-state index in [-0.39, 0.29) is 18.1 Å². The fraction of sp³-hybridized carbons (Fsp3) is 0.333. The number of morpholine rings is 1. The van der Waals surface area contributed by atoms with E-state index in [1.165, 1.54) is 0 Å². The number of hydrogen-bond acceptors (Lipinski definition) is 6. The molecule has 0 saturated carbocycles. The summed E-state index contributed by atoms with van der Waals surface area (Å²) >= 11 is 0. The van der Waals surface area contributed by atoms with Crippen molar-refractivity contribution in [2.24, 2.45) is 0 Å². The molecule has 0 aliphatic carbocycles. The second-order valence-corrected chi connectivity index (χ2v) is 4.90. The van der Waals surface area contributed by atoms with Crippen LogP contribution in [0, 0.1) is 11.3 Å². The van der Waals surface area contributed by atoms with Gasteiger partial charge in [0.15, 0.2) is 5.69 Å². The van der Waals surface area contributed by atoms with Gasteiger partial charge in [-0.15, -0.1) is 10.2 Å². The fourth-order valence-electron chi connectivity index (χ4n) is 2.40. The van der Waals surface area contributed by atoms with Crippen molar-refractivity contribution in [3.8, 4) is 6.07 Å². The fourth-order valence-corrected chi connectivity index (χ4v) is 2.40. The Hall–Kier alpha value is -2.72. The number of benzene rings is 1. The summed E-state index contributed by atoms with van der Waals surface area (Å²) in [5, 5.41) is 20.9. The zero-order valence-electron chi connectivity index (χ0n) is 12.0. The van der Waals surface area contributed by atoms with Crippen LogP contribution >= 0.6 is 0 Å². The highest BCUT2D eigenvalue weighted by Gasteiger charge is 2.18. The lowest BCUT2D eigenvalue weighted by molar-refractivity contribution is -0.133. The standard InChI is InChI=1S/C15H15N5O2/c16-9-13-15(11-3-1-2-4-12(11)18-19-13)17-10-14(21)20-5-7-22-8-6-20/h1-4H,5-8,10H2,(H,17,18). The first kappa shape index (κ1) is 14.2. The van der Waals surface area contributed by atoms with Crippen molar-refractivity contribution >= 4 is 22.5 Å². The van der Waals surface area contributed by atoms with E-state index in [2.05, 4.69) is 15.5 Å². The van der Waals surface area contributed by atoms with Crippen molar-refractivity contribution in [2.45, 2.75) is 0 Å². The number of ether oxygens (including phenoxy) is 1. The number of nitriles is 1. The lowest BCUT2D eigenvalue weighted by Gasteiger charge is -2.27. The van der Waals surface area contributed by atoms with E-state index in [0.717, 1.165) is 5.39 Å². The first-order chi connectivity index (χ1) is 10.8. The molecule has 1 fully saturated rings. The van der Waals surface area contributed by atoms with Crippen LogP contribution < -0.4 is 5.32 Å². The maximum atomic E-state index is 12.2. The van der Waals surface area contributed by atoms with Gasteiger partial charge in [0.1, 0.15) is 6.07 Å². The minimum absolute atomic E-state index is 0.0203. The van der Waals surface area contributed by atoms with E-state index in [1.807, 2.05) is 30.3 Å². The summed E-state index contributed by atoms with van der Waals surface area (Å²) in [5.74, 6) is -0.0203. The van der Waals surface area contributed by atoms with Crippen LogP contribution in [0.15, 0.2) is 24.3 Å². The Bertz CT molecular complexity index is 734. The topological polar surface area (TPSA) is 91.1 Å². The lowest BCUT2D eigenvalue weighted by Crippen LogP contribution is -2.43. The van der Waals surface area contributed by atoms with Crippen LogP contribution in [0.25, 0.3) is 10.9 Å². The summed E-state index contributed by atoms with van der Waals surface area (Å²) in [5.41, 5.74) is 1.42. The third-order valence-corrected chi connectivity index (χ3v) is 3.55. The zero-order valence-corrected chi connectivity index (χ0v) is 12.0. The number of fused-ring (bicyclic) bond motifs is 1. The van der Waals surface area contributed by atoms with Crippen LogP contribution in [0.5, 0.6) is 0 Å². The third kappa shape index (κ3) is 2.82. The molecule has 0 unspecified atom stereocenters. The number of hydrogen-bond donors (Lipinski definition) is 1. The molecule has 2 aromatic rings. The first-order valence-corrected chi connectivity index (χ1v) is 7.04. The molecule has 1 amide bonds. The van der Waals surface area contributed by atoms with Gasteiger partial charge in [0, 0.05) is 18.5 Å². The molecule has 7 heteroatoms. The minimum Gasteiger partial charge on any atom is -0.378 e. The number of nitrogens with zero attached hydrogens (tertiary/aromatic N) is 4. The Morgan fingerprint density at radius 3 is 2.86 bits per heavy atom. The molecule has 0 bridgehead atoms. The van der Waals surface area contributed by atoms with Gasteiger partial charge in [0.05, 0.1) is 31.0 Å². The van der Waals surface area contributed by atoms with E-state index in [4.69, 9.17) is 4.74 Å². The van der Waals surface area contributed by atoms with Crippen LogP contribution in [0.3, 0.4) is 0 Å². The molecule has 0 radical (unpaired) electrons. The number of carbonyl (C=O) groups excluding carboxylic acids is 1. The molecule has 2 heterocycles. The summed E-state index contributed by atoms with van der Waals surface area (Å²) in [4.78, 5) is 13.9. The Labute approximate surface area is 127 Å². The molecular formula is C15H15N5O2. The van der Waals surface area contributed by atoms with Crippen molar-refractivity contribution in [3.63, 3.8) is 0 Å². The molecule has 1 aliphatic heterocycles. The molecule has 0 atom stereocenters. The maximum absolute atomic E-state index is 12.2. The number of carbonyl (C=O) groups is 1. The quantitative estimate of drug-likeness (QED) is 0.900. The number of rotatable bonds is 3. The largest absolute Gasteiger partial charge is 0.378 e. The molecule has 1 aromatic heterocycles. The van der Waals surface area contributed by atoms with Crippen LogP contribution in [-0.4, -0.2) is 53.9 Å². The molecule has 1 N–H and O–H groups in total. The monoisotopic (exact) mass is 297 g/mol. The van der Waals surface area contributed by atoms with Gasteiger partial charge in [-0.25, -0.2) is 0 Å². The smallest absolute Gasteiger partial charge is 0.242 e. The van der Waals surface area contributed by atoms with Crippen molar-refractivity contribution < 1.29 is 9.53 Å². The molecule has 1 aliphatic rings. The highest BCUT2D eigenvalue weighted by molar-refractivity contribution is 5.94. The molecule has 7 nitrogen and oxygen atoms in total. The Morgan fingerprint density at radius 1 is 1.32 bits per heavy atom. The predicted octanol–water partition coefficient (Wildman–Crippen LogP) is 0.772. The summed E-state index contributed by atoms with van der Waals surface area (Å²) in [6, 6.07) is 9.40. The Morgan fingerprint density at radius 2 is 2.09 bits per heavy atom. The number of anilines is 1. The number of aromatic nitrogens is 2. The van der Waals surface area contributed by atoms with Gasteiger partial charge in [-0.05, 0) is 6.07 Å². The minimum atomic E-state index is -0.0203. The Balaban J connectivity index is 1.81. The zero-order chi connectivity index (χ0) is 15.4. The molecule has 1 aromatic carbocycles. The molecule has 3 rings (SSSR count). The summed E-state index contributed by atoms with van der Waals surface area (Å²) < 4.78 is 5.23. The van der Waals surface area contributed by atoms with Crippen molar-refractivity contribution in [2.75, 3.05) is 38.2 Å². The van der Waals surface area contributed by atoms with Crippen molar-refractivity contribution in [3.05, 3.63) is 30.0 Å². The van der Waals surface area contributed by atoms with Gasteiger partial charge < -0.3 is 15.0 Å². The van der Waals surface area contributed by atoms with Gasteiger partial charge in [0.2, 0.25) is 5.91 Å². The molecule has 0 spiro atoms. The molecular weight excluding hydrogens is 282 g/mol. The van der Waals surface area contributed by atoms with E-state index in [0.29, 0.717) is 37.5 Å². The normalized spacial score (nSPS) is 14.6. The first-order valence-electron chi connectivity index (χ1n) is 7.04. The average molecular weight is 297 g/mol. The lowest BCUT2D eigenvalue weighted by atomic mass is 10.1. The Kier molecular flexibility index (Phi) is 4.12. The average Bonchev–Trinajstić information content (AvgIpc) is 2.60. The van der Waals surface area contributed by atoms with E-state index in [1.54, 1.807) is 4.90 Å². The van der Waals surface area contributed by atoms with Gasteiger partial charge in [-0.3, -0.25) is 4.79 Å². The van der Waals surface area contributed by atoms with Crippen LogP contribution in [0.2, 0.25) is 0 Å². The van der Waals surface area contributed by atoms with Crippen LogP contribution in [0.4, 0.5) is 5.69 Å². The summed E-state index contributed by atoms with van der Waals surface area (Å²) in [6.45, 7) is 2.44. The predicted molar refractivity (Wildman–Crippen MR) is 80.1 cm³/mol. The highest BCUT2D eigenvalue weighted by atomic mass is 16.5. The maximum Gasteiger partial charge on any atom is 0.242 e. The second kappa shape index (κ2) is 6.37. The van der Waals surface area contributed by atoms with E-state index in [9.17, 15) is 10.1 Å². The van der Waals surface area contributed by atoms with Gasteiger partial charge in [-0.1, -0.05) is 18.2 Å². The van der Waals surface area contributed by atoms with Crippen LogP contribution in [0.1, 0.15) is 5.69 Å². The van der Waals surface area contributed by atoms with Crippen molar-refractivity contribution in [1.29, 1.82) is 5.26 Å². The molecule has 22 heavy (non-hydrogen) atoms. The molecule has 1 saturated heterocycles. The number of nitrogens with one attached hydrogen (secondary N) is 1. The van der Waals surface area contributed by atoms with E-state index >= 15 is 0 Å². The van der Waals surface area contributed by atoms with Gasteiger partial charge in [0.25, 0.3) is 0 Å². The van der Waals surface area contributed by atoms with E-state index < -0.39 is 0 Å². The SMILES string of the molecule is N#Cc1nnc2ccccc2c1NCC(=O)N1CCOCC1. The van der Waals surface area contributed by atoms with Gasteiger partial charge in [-0.2, -0.15) is 5.26 Å². The summed E-state index contributed by atoms with van der Waals surface area (Å²) in [7, 11) is 0. The van der Waals surface area contributed by atoms with Crippen LogP contribution in [-0.2, 0) is 9.53 Å². The third-order valence-electron chi connectivity index (χ3n) is 3.55. The summed E-state index contributed by atoms with van der Waals surface area (Å²) in [6.07, 6.45) is 0. The second-order valence-electron chi connectivity index (χ2n) is 4.90.